The fourth-order valence-corrected chi connectivity index (χ4v) is 1.83. The predicted molar refractivity (Wildman–Crippen MR) is 90.5 cm³/mol. The van der Waals surface area contributed by atoms with Crippen molar-refractivity contribution < 1.29 is 19.2 Å². The van der Waals surface area contributed by atoms with Crippen LogP contribution in [0.5, 0.6) is 5.75 Å². The molecule has 2 aromatic rings. The molecule has 0 aromatic heterocycles. The van der Waals surface area contributed by atoms with Crippen LogP contribution in [0.1, 0.15) is 5.56 Å². The summed E-state index contributed by atoms with van der Waals surface area (Å²) in [6.07, 6.45) is 1.26. The highest BCUT2D eigenvalue weighted by Crippen LogP contribution is 2.22. The number of hydrogen-bond acceptors (Lipinski definition) is 6. The first-order chi connectivity index (χ1) is 12.0. The second kappa shape index (κ2) is 8.20. The van der Waals surface area contributed by atoms with Gasteiger partial charge in [0.15, 0.2) is 0 Å². The molecule has 9 heteroatoms. The molecule has 25 heavy (non-hydrogen) atoms. The Kier molecular flexibility index (Phi) is 5.77. The first kappa shape index (κ1) is 17.6. The van der Waals surface area contributed by atoms with Gasteiger partial charge in [0.1, 0.15) is 5.75 Å². The highest BCUT2D eigenvalue weighted by Gasteiger charge is 2.14. The maximum absolute atomic E-state index is 11.8. The lowest BCUT2D eigenvalue weighted by Gasteiger charge is -2.08. The van der Waals surface area contributed by atoms with Crippen LogP contribution in [-0.2, 0) is 9.59 Å². The number of nitro groups is 1. The van der Waals surface area contributed by atoms with Crippen LogP contribution in [0.15, 0.2) is 53.6 Å². The van der Waals surface area contributed by atoms with Crippen molar-refractivity contribution in [3.8, 4) is 5.75 Å². The predicted octanol–water partition coefficient (Wildman–Crippen LogP) is 1.69. The number of hydrazone groups is 1. The Bertz CT molecular complexity index is 818. The maximum Gasteiger partial charge on any atom is 0.329 e. The van der Waals surface area contributed by atoms with E-state index in [0.29, 0.717) is 17.0 Å². The van der Waals surface area contributed by atoms with Crippen molar-refractivity contribution in [3.05, 3.63) is 64.2 Å². The van der Waals surface area contributed by atoms with Crippen molar-refractivity contribution >= 4 is 29.4 Å². The van der Waals surface area contributed by atoms with Crippen LogP contribution in [-0.4, -0.2) is 30.1 Å². The van der Waals surface area contributed by atoms with Crippen molar-refractivity contribution in [1.82, 2.24) is 5.43 Å². The topological polar surface area (TPSA) is 123 Å². The maximum atomic E-state index is 11.8. The molecule has 0 saturated carbocycles. The number of rotatable bonds is 5. The van der Waals surface area contributed by atoms with E-state index in [1.54, 1.807) is 24.3 Å². The van der Waals surface area contributed by atoms with Gasteiger partial charge in [-0.1, -0.05) is 12.1 Å². The summed E-state index contributed by atoms with van der Waals surface area (Å²) in [6.45, 7) is 0. The SMILES string of the molecule is COc1ccccc1NC(=O)C(=O)N/N=C\c1ccc([N+](=O)[O-])cc1. The summed E-state index contributed by atoms with van der Waals surface area (Å²) in [6, 6.07) is 12.2. The van der Waals surface area contributed by atoms with Gasteiger partial charge in [0.05, 0.1) is 23.9 Å². The number of carbonyl (C=O) groups is 2. The number of amides is 2. The van der Waals surface area contributed by atoms with Crippen LogP contribution in [0.3, 0.4) is 0 Å². The molecule has 2 aromatic carbocycles. The van der Waals surface area contributed by atoms with Crippen LogP contribution in [0.25, 0.3) is 0 Å². The van der Waals surface area contributed by atoms with Gasteiger partial charge in [-0.25, -0.2) is 5.43 Å². The minimum Gasteiger partial charge on any atom is -0.495 e. The molecule has 0 saturated heterocycles. The van der Waals surface area contributed by atoms with Gasteiger partial charge < -0.3 is 10.1 Å². The molecule has 0 unspecified atom stereocenters. The fraction of sp³-hybridized carbons (Fsp3) is 0.0625. The Morgan fingerprint density at radius 1 is 1.12 bits per heavy atom. The number of nitrogens with one attached hydrogen (secondary N) is 2. The monoisotopic (exact) mass is 342 g/mol. The summed E-state index contributed by atoms with van der Waals surface area (Å²) >= 11 is 0. The second-order valence-corrected chi connectivity index (χ2v) is 4.70. The molecule has 2 amide bonds. The largest absolute Gasteiger partial charge is 0.495 e. The number of para-hydroxylation sites is 2. The van der Waals surface area contributed by atoms with Gasteiger partial charge in [-0.3, -0.25) is 19.7 Å². The van der Waals surface area contributed by atoms with Crippen LogP contribution in [0.4, 0.5) is 11.4 Å². The zero-order chi connectivity index (χ0) is 18.2. The third-order valence-corrected chi connectivity index (χ3v) is 3.05. The first-order valence-corrected chi connectivity index (χ1v) is 7.03. The van der Waals surface area contributed by atoms with E-state index < -0.39 is 16.7 Å². The number of ether oxygens (including phenoxy) is 1. The number of anilines is 1. The zero-order valence-corrected chi connectivity index (χ0v) is 13.1. The Labute approximate surface area is 142 Å². The molecule has 0 aliphatic carbocycles. The number of non-ortho nitro benzene ring substituents is 1. The van der Waals surface area contributed by atoms with Gasteiger partial charge >= 0.3 is 11.8 Å². The van der Waals surface area contributed by atoms with E-state index >= 15 is 0 Å². The Morgan fingerprint density at radius 3 is 2.44 bits per heavy atom. The summed E-state index contributed by atoms with van der Waals surface area (Å²) in [7, 11) is 1.44. The Hall–Kier alpha value is -3.75. The number of nitro benzene ring substituents is 1. The van der Waals surface area contributed by atoms with Gasteiger partial charge in [0, 0.05) is 12.1 Å². The minimum atomic E-state index is -0.968. The van der Waals surface area contributed by atoms with Gasteiger partial charge in [-0.15, -0.1) is 0 Å². The van der Waals surface area contributed by atoms with E-state index in [1.165, 1.54) is 37.6 Å². The number of nitrogens with zero attached hydrogens (tertiary/aromatic N) is 2. The fourth-order valence-electron chi connectivity index (χ4n) is 1.83. The molecule has 0 heterocycles. The molecule has 2 N–H and O–H groups in total. The summed E-state index contributed by atoms with van der Waals surface area (Å²) in [5.74, 6) is -1.47. The second-order valence-electron chi connectivity index (χ2n) is 4.70. The quantitative estimate of drug-likeness (QED) is 0.370. The molecule has 0 bridgehead atoms. The van der Waals surface area contributed by atoms with Crippen LogP contribution < -0.4 is 15.5 Å². The Balaban J connectivity index is 1.92. The summed E-state index contributed by atoms with van der Waals surface area (Å²) < 4.78 is 5.07. The molecule has 0 atom stereocenters. The van der Waals surface area contributed by atoms with Crippen molar-refractivity contribution in [2.24, 2.45) is 5.10 Å². The third kappa shape index (κ3) is 4.86. The van der Waals surface area contributed by atoms with E-state index in [4.69, 9.17) is 4.74 Å². The summed E-state index contributed by atoms with van der Waals surface area (Å²) in [5.41, 5.74) is 2.89. The Morgan fingerprint density at radius 2 is 1.80 bits per heavy atom. The molecular weight excluding hydrogens is 328 g/mol. The highest BCUT2D eigenvalue weighted by atomic mass is 16.6. The van der Waals surface area contributed by atoms with Crippen molar-refractivity contribution in [1.29, 1.82) is 0 Å². The summed E-state index contributed by atoms with van der Waals surface area (Å²) in [4.78, 5) is 33.6. The van der Waals surface area contributed by atoms with E-state index in [9.17, 15) is 19.7 Å². The molecule has 0 aliphatic heterocycles. The summed E-state index contributed by atoms with van der Waals surface area (Å²) in [5, 5.41) is 16.6. The minimum absolute atomic E-state index is 0.0580. The highest BCUT2D eigenvalue weighted by molar-refractivity contribution is 6.39. The zero-order valence-electron chi connectivity index (χ0n) is 13.1. The first-order valence-electron chi connectivity index (χ1n) is 7.03. The average Bonchev–Trinajstić information content (AvgIpc) is 2.62. The molecule has 0 radical (unpaired) electrons. The molecule has 0 aliphatic rings. The molecule has 0 spiro atoms. The third-order valence-electron chi connectivity index (χ3n) is 3.05. The van der Waals surface area contributed by atoms with Crippen LogP contribution in [0, 0.1) is 10.1 Å². The van der Waals surface area contributed by atoms with E-state index in [2.05, 4.69) is 15.8 Å². The van der Waals surface area contributed by atoms with Crippen molar-refractivity contribution in [2.45, 2.75) is 0 Å². The molecule has 9 nitrogen and oxygen atoms in total. The normalized spacial score (nSPS) is 10.3. The molecule has 128 valence electrons. The van der Waals surface area contributed by atoms with E-state index in [-0.39, 0.29) is 5.69 Å². The van der Waals surface area contributed by atoms with Gasteiger partial charge in [0.2, 0.25) is 0 Å². The van der Waals surface area contributed by atoms with Crippen LogP contribution >= 0.6 is 0 Å². The van der Waals surface area contributed by atoms with Crippen molar-refractivity contribution in [3.63, 3.8) is 0 Å². The number of benzene rings is 2. The molecule has 2 rings (SSSR count). The smallest absolute Gasteiger partial charge is 0.329 e. The number of carbonyl (C=O) groups excluding carboxylic acids is 2. The molecular formula is C16H14N4O5. The average molecular weight is 342 g/mol. The van der Waals surface area contributed by atoms with Gasteiger partial charge in [0.25, 0.3) is 5.69 Å². The van der Waals surface area contributed by atoms with Gasteiger partial charge in [-0.05, 0) is 29.8 Å². The van der Waals surface area contributed by atoms with E-state index in [0.717, 1.165) is 0 Å². The number of methoxy groups -OCH3 is 1. The van der Waals surface area contributed by atoms with Gasteiger partial charge in [-0.2, -0.15) is 5.10 Å². The molecule has 0 fully saturated rings. The lowest BCUT2D eigenvalue weighted by molar-refractivity contribution is -0.384. The lowest BCUT2D eigenvalue weighted by atomic mass is 10.2. The lowest BCUT2D eigenvalue weighted by Crippen LogP contribution is -2.32. The van der Waals surface area contributed by atoms with Crippen LogP contribution in [0.2, 0.25) is 0 Å². The van der Waals surface area contributed by atoms with E-state index in [1.807, 2.05) is 0 Å². The number of hydrogen-bond donors (Lipinski definition) is 2. The van der Waals surface area contributed by atoms with Crippen molar-refractivity contribution in [2.75, 3.05) is 12.4 Å². The standard InChI is InChI=1S/C16H14N4O5/c1-25-14-5-3-2-4-13(14)18-15(21)16(22)19-17-10-11-6-8-12(9-7-11)20(23)24/h2-10H,1H3,(H,18,21)(H,19,22)/b17-10-.